The molecule has 2 amide bonds. The van der Waals surface area contributed by atoms with Gasteiger partial charge in [0.05, 0.1) is 0 Å². The summed E-state index contributed by atoms with van der Waals surface area (Å²) in [6, 6.07) is 18.4. The number of carbonyl (C=O) groups is 2. The highest BCUT2D eigenvalue weighted by atomic mass is 19.4. The molecule has 3 aromatic rings. The number of carbonyl (C=O) groups excluding carboxylic acids is 2. The Bertz CT molecular complexity index is 1360. The van der Waals surface area contributed by atoms with Crippen molar-refractivity contribution in [2.24, 2.45) is 5.41 Å². The van der Waals surface area contributed by atoms with Crippen molar-refractivity contribution >= 4 is 11.8 Å². The summed E-state index contributed by atoms with van der Waals surface area (Å²) in [4.78, 5) is 31.6. The Morgan fingerprint density at radius 2 is 1.76 bits per heavy atom. The lowest BCUT2D eigenvalue weighted by Crippen LogP contribution is -2.60. The van der Waals surface area contributed by atoms with Crippen LogP contribution in [0, 0.1) is 5.41 Å². The normalized spacial score (nSPS) is 20.2. The first kappa shape index (κ1) is 28.6. The lowest BCUT2D eigenvalue weighted by Gasteiger charge is -2.50. The predicted octanol–water partition coefficient (Wildman–Crippen LogP) is 4.98. The molecular formula is C31H32F3N3O4. The maximum absolute atomic E-state index is 14.5. The maximum atomic E-state index is 14.5. The van der Waals surface area contributed by atoms with Gasteiger partial charge >= 0.3 is 6.18 Å². The first-order valence-electron chi connectivity index (χ1n) is 13.5. The maximum Gasteiger partial charge on any atom is 0.430 e. The van der Waals surface area contributed by atoms with Crippen molar-refractivity contribution in [1.82, 2.24) is 15.2 Å². The van der Waals surface area contributed by atoms with Crippen molar-refractivity contribution in [1.29, 1.82) is 0 Å². The zero-order valence-corrected chi connectivity index (χ0v) is 22.7. The van der Waals surface area contributed by atoms with Crippen LogP contribution in [0.4, 0.5) is 13.2 Å². The molecule has 2 saturated heterocycles. The summed E-state index contributed by atoms with van der Waals surface area (Å²) in [7, 11) is 0.910. The Balaban J connectivity index is 1.40. The quantitative estimate of drug-likeness (QED) is 0.436. The summed E-state index contributed by atoms with van der Waals surface area (Å²) < 4.78 is 54.8. The predicted molar refractivity (Wildman–Crippen MR) is 145 cm³/mol. The molecule has 2 atom stereocenters. The summed E-state index contributed by atoms with van der Waals surface area (Å²) in [6.45, 7) is 0.814. The molecule has 2 fully saturated rings. The minimum Gasteiger partial charge on any atom is -0.489 e. The number of likely N-dealkylation sites (tertiary alicyclic amines) is 1. The van der Waals surface area contributed by atoms with E-state index in [1.807, 2.05) is 36.4 Å². The lowest BCUT2D eigenvalue weighted by atomic mass is 9.62. The van der Waals surface area contributed by atoms with E-state index in [-0.39, 0.29) is 36.9 Å². The Morgan fingerprint density at radius 3 is 2.41 bits per heavy atom. The number of nitrogens with one attached hydrogen (secondary N) is 1. The number of hydrogen-bond donors (Lipinski definition) is 1. The molecule has 10 heteroatoms. The smallest absolute Gasteiger partial charge is 0.430 e. The number of nitrogens with zero attached hydrogens (tertiary/aromatic N) is 2. The summed E-state index contributed by atoms with van der Waals surface area (Å²) >= 11 is 0. The number of piperidine rings is 2. The zero-order chi connectivity index (χ0) is 29.1. The molecular weight excluding hydrogens is 535 g/mol. The van der Waals surface area contributed by atoms with Gasteiger partial charge in [-0.25, -0.2) is 0 Å². The van der Waals surface area contributed by atoms with Gasteiger partial charge in [-0.2, -0.15) is 13.2 Å². The van der Waals surface area contributed by atoms with Crippen LogP contribution in [0.1, 0.15) is 41.9 Å². The standard InChI is InChI=1S/C31H32F3N3O4/c1-40-30(31(32,33)34,23-9-3-2-4-10-23)28(39)37-16-13-29(14-17-37)18-27(38)36-20-25(29)24-11-5-6-12-26(24)41-21-22-8-7-15-35-19-22/h2-12,15,19,25H,13-14,16-18,20-21H2,1H3,(H,36,38)/t25?,30-/m1/s1. The number of methoxy groups -OCH3 is 1. The molecule has 2 aliphatic rings. The molecule has 1 spiro atoms. The third kappa shape index (κ3) is 5.40. The SMILES string of the molecule is CO[C@@](C(=O)N1CCC2(CC1)CC(=O)NCC2c1ccccc1OCc1cccnc1)(c1ccccc1)C(F)(F)F. The molecule has 0 bridgehead atoms. The zero-order valence-electron chi connectivity index (χ0n) is 22.7. The number of halogens is 3. The molecule has 1 aromatic heterocycles. The highest BCUT2D eigenvalue weighted by molar-refractivity contribution is 5.88. The van der Waals surface area contributed by atoms with Crippen LogP contribution in [-0.2, 0) is 26.5 Å². The number of para-hydroxylation sites is 1. The Hall–Kier alpha value is -3.92. The highest BCUT2D eigenvalue weighted by Gasteiger charge is 2.64. The molecule has 7 nitrogen and oxygen atoms in total. The van der Waals surface area contributed by atoms with E-state index in [4.69, 9.17) is 9.47 Å². The van der Waals surface area contributed by atoms with Crippen LogP contribution in [0.5, 0.6) is 5.75 Å². The highest BCUT2D eigenvalue weighted by Crippen LogP contribution is 2.52. The number of hydrogen-bond acceptors (Lipinski definition) is 5. The second kappa shape index (κ2) is 11.5. The Kier molecular flexibility index (Phi) is 8.04. The van der Waals surface area contributed by atoms with Crippen LogP contribution in [0.15, 0.2) is 79.1 Å². The van der Waals surface area contributed by atoms with Crippen molar-refractivity contribution in [3.8, 4) is 5.75 Å². The Morgan fingerprint density at radius 1 is 1.05 bits per heavy atom. The van der Waals surface area contributed by atoms with Gasteiger partial charge in [-0.3, -0.25) is 14.6 Å². The van der Waals surface area contributed by atoms with E-state index < -0.39 is 23.1 Å². The fourth-order valence-electron chi connectivity index (χ4n) is 6.23. The number of rotatable bonds is 7. The molecule has 1 N–H and O–H groups in total. The number of ether oxygens (including phenoxy) is 2. The lowest BCUT2D eigenvalue weighted by molar-refractivity contribution is -0.271. The average molecular weight is 568 g/mol. The number of aromatic nitrogens is 1. The van der Waals surface area contributed by atoms with Crippen molar-refractivity contribution < 1.29 is 32.2 Å². The van der Waals surface area contributed by atoms with E-state index in [2.05, 4.69) is 10.3 Å². The largest absolute Gasteiger partial charge is 0.489 e. The van der Waals surface area contributed by atoms with Gasteiger partial charge in [-0.05, 0) is 36.0 Å². The minimum absolute atomic E-state index is 0.0648. The molecule has 1 unspecified atom stereocenters. The number of pyridine rings is 1. The van der Waals surface area contributed by atoms with Crippen molar-refractivity contribution in [2.75, 3.05) is 26.7 Å². The molecule has 2 aromatic carbocycles. The summed E-state index contributed by atoms with van der Waals surface area (Å²) in [5, 5.41) is 2.96. The Labute approximate surface area is 236 Å². The summed E-state index contributed by atoms with van der Waals surface area (Å²) in [5.74, 6) is -0.729. The number of amides is 2. The molecule has 0 aliphatic carbocycles. The molecule has 41 heavy (non-hydrogen) atoms. The summed E-state index contributed by atoms with van der Waals surface area (Å²) in [6.07, 6.45) is -0.625. The first-order valence-corrected chi connectivity index (χ1v) is 13.5. The van der Waals surface area contributed by atoms with Gasteiger partial charge < -0.3 is 19.7 Å². The fraction of sp³-hybridized carbons (Fsp3) is 0.387. The van der Waals surface area contributed by atoms with Crippen LogP contribution in [0.3, 0.4) is 0 Å². The second-order valence-corrected chi connectivity index (χ2v) is 10.6. The minimum atomic E-state index is -4.98. The summed E-state index contributed by atoms with van der Waals surface area (Å²) in [5.41, 5.74) is -2.11. The third-order valence-corrected chi connectivity index (χ3v) is 8.40. The van der Waals surface area contributed by atoms with Gasteiger partial charge in [0.15, 0.2) is 0 Å². The van der Waals surface area contributed by atoms with Gasteiger partial charge in [0, 0.05) is 62.6 Å². The first-order chi connectivity index (χ1) is 19.7. The number of alkyl halides is 3. The van der Waals surface area contributed by atoms with E-state index in [0.717, 1.165) is 18.2 Å². The van der Waals surface area contributed by atoms with Crippen LogP contribution in [0.25, 0.3) is 0 Å². The second-order valence-electron chi connectivity index (χ2n) is 10.6. The average Bonchev–Trinajstić information content (AvgIpc) is 2.98. The van der Waals surface area contributed by atoms with E-state index in [9.17, 15) is 22.8 Å². The van der Waals surface area contributed by atoms with Gasteiger partial charge in [-0.1, -0.05) is 54.6 Å². The van der Waals surface area contributed by atoms with E-state index in [1.165, 1.54) is 29.2 Å². The van der Waals surface area contributed by atoms with Crippen LogP contribution in [-0.4, -0.2) is 54.6 Å². The van der Waals surface area contributed by atoms with E-state index >= 15 is 0 Å². The number of benzene rings is 2. The fourth-order valence-corrected chi connectivity index (χ4v) is 6.23. The van der Waals surface area contributed by atoms with Crippen LogP contribution >= 0.6 is 0 Å². The van der Waals surface area contributed by atoms with E-state index in [0.29, 0.717) is 31.7 Å². The topological polar surface area (TPSA) is 80.8 Å². The van der Waals surface area contributed by atoms with Crippen LogP contribution in [0.2, 0.25) is 0 Å². The molecule has 5 rings (SSSR count). The van der Waals surface area contributed by atoms with Gasteiger partial charge in [0.25, 0.3) is 11.5 Å². The van der Waals surface area contributed by atoms with Crippen molar-refractivity contribution in [3.63, 3.8) is 0 Å². The molecule has 216 valence electrons. The van der Waals surface area contributed by atoms with Crippen molar-refractivity contribution in [2.45, 2.75) is 43.6 Å². The van der Waals surface area contributed by atoms with Crippen LogP contribution < -0.4 is 10.1 Å². The molecule has 2 aliphatic heterocycles. The molecule has 3 heterocycles. The van der Waals surface area contributed by atoms with Crippen molar-refractivity contribution in [3.05, 3.63) is 95.8 Å². The third-order valence-electron chi connectivity index (χ3n) is 8.40. The van der Waals surface area contributed by atoms with Gasteiger partial charge in [0.2, 0.25) is 5.91 Å². The van der Waals surface area contributed by atoms with Gasteiger partial charge in [0.1, 0.15) is 12.4 Å². The van der Waals surface area contributed by atoms with E-state index in [1.54, 1.807) is 18.5 Å². The molecule has 0 radical (unpaired) electrons. The monoisotopic (exact) mass is 567 g/mol. The van der Waals surface area contributed by atoms with Gasteiger partial charge in [-0.15, -0.1) is 0 Å². The molecule has 0 saturated carbocycles.